The molecule has 0 aliphatic heterocycles. The molecule has 7 nitrogen and oxygen atoms in total. The fourth-order valence-corrected chi connectivity index (χ4v) is 4.63. The molecule has 0 atom stereocenters. The first-order valence-corrected chi connectivity index (χ1v) is 12.1. The summed E-state index contributed by atoms with van der Waals surface area (Å²) < 4.78 is 0. The summed E-state index contributed by atoms with van der Waals surface area (Å²) in [5.41, 5.74) is 9.20. The Morgan fingerprint density at radius 3 is 2.51 bits per heavy atom. The number of fused-ring (bicyclic) bond motifs is 1. The van der Waals surface area contributed by atoms with Gasteiger partial charge in [-0.3, -0.25) is 5.10 Å². The summed E-state index contributed by atoms with van der Waals surface area (Å²) in [5.74, 6) is 1.64. The SMILES string of the molecule is C=C(NC)c1ccc(-c2ccc(Nc3ncc(Cl)c(Nc4cc(C)[nH]n4)n3)c3c2CCCC3)cc1. The van der Waals surface area contributed by atoms with Crippen LogP contribution in [0, 0.1) is 6.92 Å². The van der Waals surface area contributed by atoms with Gasteiger partial charge in [-0.1, -0.05) is 48.5 Å². The average molecular weight is 486 g/mol. The lowest BCUT2D eigenvalue weighted by Gasteiger charge is -2.23. The van der Waals surface area contributed by atoms with E-state index in [2.05, 4.69) is 79.1 Å². The van der Waals surface area contributed by atoms with E-state index in [9.17, 15) is 0 Å². The van der Waals surface area contributed by atoms with E-state index in [1.54, 1.807) is 6.20 Å². The Labute approximate surface area is 210 Å². The van der Waals surface area contributed by atoms with E-state index in [0.29, 0.717) is 22.6 Å². The van der Waals surface area contributed by atoms with Gasteiger partial charge in [-0.25, -0.2) is 4.98 Å². The van der Waals surface area contributed by atoms with E-state index in [0.717, 1.165) is 35.5 Å². The molecule has 2 aromatic carbocycles. The second-order valence-electron chi connectivity index (χ2n) is 8.71. The molecule has 1 aliphatic rings. The zero-order chi connectivity index (χ0) is 24.4. The van der Waals surface area contributed by atoms with E-state index in [1.807, 2.05) is 20.0 Å². The fraction of sp³-hybridized carbons (Fsp3) is 0.222. The number of aryl methyl sites for hydroxylation is 1. The Hall–Kier alpha value is -3.84. The predicted molar refractivity (Wildman–Crippen MR) is 144 cm³/mol. The standard InChI is InChI=1S/C27H28ClN7/c1-16-14-25(35-34-16)32-26-23(28)15-30-27(33-26)31-24-13-12-20(21-6-4-5-7-22(21)24)19-10-8-18(9-11-19)17(2)29-3/h8-15,29H,2,4-7H2,1,3H3,(H3,30,31,32,33,34,35). The third-order valence-corrected chi connectivity index (χ3v) is 6.60. The summed E-state index contributed by atoms with van der Waals surface area (Å²) >= 11 is 6.34. The summed E-state index contributed by atoms with van der Waals surface area (Å²) in [5, 5.41) is 17.2. The summed E-state index contributed by atoms with van der Waals surface area (Å²) in [7, 11) is 1.89. The molecule has 0 bridgehead atoms. The van der Waals surface area contributed by atoms with Gasteiger partial charge >= 0.3 is 0 Å². The molecule has 1 aliphatic carbocycles. The van der Waals surface area contributed by atoms with E-state index in [1.165, 1.54) is 35.1 Å². The van der Waals surface area contributed by atoms with Crippen molar-refractivity contribution in [1.82, 2.24) is 25.5 Å². The van der Waals surface area contributed by atoms with Crippen LogP contribution < -0.4 is 16.0 Å². The molecule has 178 valence electrons. The van der Waals surface area contributed by atoms with Crippen LogP contribution in [0.25, 0.3) is 16.8 Å². The molecule has 4 N–H and O–H groups in total. The van der Waals surface area contributed by atoms with Crippen molar-refractivity contribution in [3.8, 4) is 11.1 Å². The molecular weight excluding hydrogens is 458 g/mol. The van der Waals surface area contributed by atoms with Crippen LogP contribution in [-0.2, 0) is 12.8 Å². The summed E-state index contributed by atoms with van der Waals surface area (Å²) in [6.07, 6.45) is 6.02. The lowest BCUT2D eigenvalue weighted by atomic mass is 9.84. The number of benzene rings is 2. The van der Waals surface area contributed by atoms with Crippen LogP contribution in [0.4, 0.5) is 23.3 Å². The molecule has 4 aromatic rings. The van der Waals surface area contributed by atoms with Gasteiger partial charge in [0.05, 0.1) is 6.20 Å². The molecule has 0 saturated heterocycles. The Morgan fingerprint density at radius 2 is 1.80 bits per heavy atom. The minimum Gasteiger partial charge on any atom is -0.388 e. The smallest absolute Gasteiger partial charge is 0.229 e. The number of nitrogens with zero attached hydrogens (tertiary/aromatic N) is 3. The molecule has 35 heavy (non-hydrogen) atoms. The molecule has 0 amide bonds. The van der Waals surface area contributed by atoms with Gasteiger partial charge in [0, 0.05) is 30.2 Å². The van der Waals surface area contributed by atoms with Crippen molar-refractivity contribution < 1.29 is 0 Å². The molecule has 2 heterocycles. The van der Waals surface area contributed by atoms with Crippen molar-refractivity contribution in [3.63, 3.8) is 0 Å². The number of rotatable bonds is 7. The maximum absolute atomic E-state index is 6.34. The zero-order valence-electron chi connectivity index (χ0n) is 19.9. The topological polar surface area (TPSA) is 90.6 Å². The van der Waals surface area contributed by atoms with Crippen LogP contribution >= 0.6 is 11.6 Å². The van der Waals surface area contributed by atoms with Gasteiger partial charge in [0.25, 0.3) is 0 Å². The number of aromatic nitrogens is 4. The van der Waals surface area contributed by atoms with E-state index in [-0.39, 0.29) is 0 Å². The van der Waals surface area contributed by atoms with Crippen LogP contribution in [0.2, 0.25) is 5.02 Å². The van der Waals surface area contributed by atoms with E-state index < -0.39 is 0 Å². The van der Waals surface area contributed by atoms with Crippen molar-refractivity contribution in [2.75, 3.05) is 17.7 Å². The van der Waals surface area contributed by atoms with Gasteiger partial charge in [-0.15, -0.1) is 0 Å². The lowest BCUT2D eigenvalue weighted by Crippen LogP contribution is -2.09. The van der Waals surface area contributed by atoms with Crippen molar-refractivity contribution in [2.24, 2.45) is 0 Å². The predicted octanol–water partition coefficient (Wildman–Crippen LogP) is 6.38. The van der Waals surface area contributed by atoms with Crippen molar-refractivity contribution in [2.45, 2.75) is 32.6 Å². The van der Waals surface area contributed by atoms with Crippen LogP contribution in [0.3, 0.4) is 0 Å². The highest BCUT2D eigenvalue weighted by Crippen LogP contribution is 2.37. The fourth-order valence-electron chi connectivity index (χ4n) is 4.49. The number of nitrogens with one attached hydrogen (secondary N) is 4. The number of aromatic amines is 1. The first-order chi connectivity index (χ1) is 17.0. The second-order valence-corrected chi connectivity index (χ2v) is 9.11. The highest BCUT2D eigenvalue weighted by Gasteiger charge is 2.19. The largest absolute Gasteiger partial charge is 0.388 e. The summed E-state index contributed by atoms with van der Waals surface area (Å²) in [6.45, 7) is 5.99. The van der Waals surface area contributed by atoms with E-state index in [4.69, 9.17) is 11.6 Å². The Balaban J connectivity index is 1.44. The van der Waals surface area contributed by atoms with Crippen molar-refractivity contribution in [3.05, 3.63) is 82.6 Å². The van der Waals surface area contributed by atoms with Gasteiger partial charge in [0.1, 0.15) is 5.02 Å². The molecule has 8 heteroatoms. The minimum absolute atomic E-state index is 0.429. The third kappa shape index (κ3) is 4.86. The van der Waals surface area contributed by atoms with Gasteiger partial charge in [-0.05, 0) is 66.5 Å². The third-order valence-electron chi connectivity index (χ3n) is 6.32. The van der Waals surface area contributed by atoms with Gasteiger partial charge in [-0.2, -0.15) is 10.1 Å². The van der Waals surface area contributed by atoms with Crippen LogP contribution in [0.15, 0.2) is 55.2 Å². The monoisotopic (exact) mass is 485 g/mol. The minimum atomic E-state index is 0.429. The molecular formula is C27H28ClN7. The molecule has 2 aromatic heterocycles. The molecule has 5 rings (SSSR count). The highest BCUT2D eigenvalue weighted by molar-refractivity contribution is 6.32. The molecule has 0 saturated carbocycles. The molecule has 0 fully saturated rings. The maximum atomic E-state index is 6.34. The number of halogens is 1. The van der Waals surface area contributed by atoms with Crippen molar-refractivity contribution in [1.29, 1.82) is 0 Å². The number of anilines is 4. The zero-order valence-corrected chi connectivity index (χ0v) is 20.6. The normalized spacial score (nSPS) is 12.7. The molecule has 0 radical (unpaired) electrons. The lowest BCUT2D eigenvalue weighted by molar-refractivity contribution is 0.688. The first-order valence-electron chi connectivity index (χ1n) is 11.7. The highest BCUT2D eigenvalue weighted by atomic mass is 35.5. The average Bonchev–Trinajstić information content (AvgIpc) is 3.30. The summed E-state index contributed by atoms with van der Waals surface area (Å²) in [4.78, 5) is 9.01. The second kappa shape index (κ2) is 9.80. The Bertz CT molecular complexity index is 1380. The number of hydrogen-bond donors (Lipinski definition) is 4. The summed E-state index contributed by atoms with van der Waals surface area (Å²) in [6, 6.07) is 14.8. The van der Waals surface area contributed by atoms with Crippen LogP contribution in [0.1, 0.15) is 35.2 Å². The Morgan fingerprint density at radius 1 is 1.03 bits per heavy atom. The maximum Gasteiger partial charge on any atom is 0.229 e. The quantitative estimate of drug-likeness (QED) is 0.242. The molecule has 0 unspecified atom stereocenters. The van der Waals surface area contributed by atoms with Gasteiger partial charge < -0.3 is 16.0 Å². The molecule has 0 spiro atoms. The number of hydrogen-bond acceptors (Lipinski definition) is 6. The van der Waals surface area contributed by atoms with Gasteiger partial charge in [0.15, 0.2) is 11.6 Å². The van der Waals surface area contributed by atoms with E-state index >= 15 is 0 Å². The van der Waals surface area contributed by atoms with Gasteiger partial charge in [0.2, 0.25) is 5.95 Å². The first kappa shape index (κ1) is 22.9. The van der Waals surface area contributed by atoms with Crippen LogP contribution in [-0.4, -0.2) is 27.2 Å². The Kier molecular flexibility index (Phi) is 6.42. The van der Waals surface area contributed by atoms with Crippen LogP contribution in [0.5, 0.6) is 0 Å². The number of H-pyrrole nitrogens is 1. The van der Waals surface area contributed by atoms with Crippen molar-refractivity contribution >= 4 is 40.6 Å².